The monoisotopic (exact) mass is 236 g/mol. The molecule has 0 unspecified atom stereocenters. The zero-order valence-electron chi connectivity index (χ0n) is 7.49. The first-order valence-electron chi connectivity index (χ1n) is 3.66. The van der Waals surface area contributed by atoms with Crippen LogP contribution in [-0.2, 0) is 9.84 Å². The molecule has 0 aliphatic carbocycles. The number of hydrogen-bond acceptors (Lipinski definition) is 3. The van der Waals surface area contributed by atoms with Gasteiger partial charge in [-0.05, 0) is 12.1 Å². The third-order valence-corrected chi connectivity index (χ3v) is 2.75. The van der Waals surface area contributed by atoms with E-state index in [2.05, 4.69) is 0 Å². The number of carbonyl (C=O) groups is 1. The van der Waals surface area contributed by atoms with Crippen LogP contribution >= 0.6 is 0 Å². The third kappa shape index (κ3) is 2.30. The molecule has 0 aliphatic rings. The zero-order chi connectivity index (χ0) is 11.8. The van der Waals surface area contributed by atoms with Crippen LogP contribution in [0, 0.1) is 11.6 Å². The van der Waals surface area contributed by atoms with Gasteiger partial charge in [-0.2, -0.15) is 0 Å². The molecule has 1 aromatic carbocycles. The van der Waals surface area contributed by atoms with Crippen molar-refractivity contribution in [1.29, 1.82) is 0 Å². The molecule has 82 valence electrons. The van der Waals surface area contributed by atoms with Gasteiger partial charge in [0.2, 0.25) is 0 Å². The Kier molecular flexibility index (Phi) is 2.76. The van der Waals surface area contributed by atoms with Gasteiger partial charge in [0.1, 0.15) is 17.2 Å². The molecule has 0 heterocycles. The predicted octanol–water partition coefficient (Wildman–Crippen LogP) is 1.07. The minimum Gasteiger partial charge on any atom is -0.477 e. The Labute approximate surface area is 84.1 Å². The molecule has 0 atom stereocenters. The molecule has 0 radical (unpaired) electrons. The van der Waals surface area contributed by atoms with E-state index in [0.29, 0.717) is 12.1 Å². The quantitative estimate of drug-likeness (QED) is 0.833. The number of rotatable bonds is 2. The maximum Gasteiger partial charge on any atom is 0.341 e. The van der Waals surface area contributed by atoms with Crippen LogP contribution in [0.5, 0.6) is 0 Å². The maximum absolute atomic E-state index is 13.0. The van der Waals surface area contributed by atoms with Gasteiger partial charge in [-0.1, -0.05) is 0 Å². The Morgan fingerprint density at radius 3 is 1.93 bits per heavy atom. The van der Waals surface area contributed by atoms with Crippen LogP contribution in [0.15, 0.2) is 17.0 Å². The fourth-order valence-corrected chi connectivity index (χ4v) is 1.60. The van der Waals surface area contributed by atoms with E-state index in [9.17, 15) is 22.0 Å². The Balaban J connectivity index is 3.52. The van der Waals surface area contributed by atoms with E-state index in [1.54, 1.807) is 0 Å². The molecule has 1 N–H and O–H groups in total. The highest BCUT2D eigenvalue weighted by Crippen LogP contribution is 2.18. The largest absolute Gasteiger partial charge is 0.477 e. The lowest BCUT2D eigenvalue weighted by molar-refractivity contribution is 0.0686. The molecular weight excluding hydrogens is 230 g/mol. The topological polar surface area (TPSA) is 71.4 Å². The van der Waals surface area contributed by atoms with E-state index in [1.165, 1.54) is 0 Å². The Morgan fingerprint density at radius 2 is 1.67 bits per heavy atom. The van der Waals surface area contributed by atoms with Crippen molar-refractivity contribution in [3.05, 3.63) is 29.3 Å². The molecule has 0 amide bonds. The number of hydrogen-bond donors (Lipinski definition) is 1. The molecule has 0 saturated heterocycles. The van der Waals surface area contributed by atoms with Gasteiger partial charge in [-0.15, -0.1) is 0 Å². The molecule has 0 bridgehead atoms. The molecular formula is C8H6F2O4S. The van der Waals surface area contributed by atoms with Gasteiger partial charge in [0.25, 0.3) is 0 Å². The second-order valence-corrected chi connectivity index (χ2v) is 4.85. The maximum atomic E-state index is 13.0. The minimum absolute atomic E-state index is 0.474. The summed E-state index contributed by atoms with van der Waals surface area (Å²) in [6.07, 6.45) is 0.766. The molecule has 7 heteroatoms. The molecule has 1 rings (SSSR count). The molecule has 0 fully saturated rings. The van der Waals surface area contributed by atoms with Crippen LogP contribution in [-0.4, -0.2) is 25.7 Å². The van der Waals surface area contributed by atoms with Gasteiger partial charge >= 0.3 is 5.97 Å². The van der Waals surface area contributed by atoms with E-state index >= 15 is 0 Å². The van der Waals surface area contributed by atoms with E-state index in [-0.39, 0.29) is 0 Å². The number of benzene rings is 1. The van der Waals surface area contributed by atoms with Crippen molar-refractivity contribution >= 4 is 15.8 Å². The summed E-state index contributed by atoms with van der Waals surface area (Å²) < 4.78 is 47.9. The number of carboxylic acid groups (broad SMARTS) is 1. The van der Waals surface area contributed by atoms with Crippen molar-refractivity contribution in [3.8, 4) is 0 Å². The first-order valence-corrected chi connectivity index (χ1v) is 5.55. The zero-order valence-corrected chi connectivity index (χ0v) is 8.31. The first-order chi connectivity index (χ1) is 6.73. The molecule has 15 heavy (non-hydrogen) atoms. The lowest BCUT2D eigenvalue weighted by Gasteiger charge is -2.02. The van der Waals surface area contributed by atoms with Crippen LogP contribution in [0.3, 0.4) is 0 Å². The summed E-state index contributed by atoms with van der Waals surface area (Å²) in [5.74, 6) is -4.61. The highest BCUT2D eigenvalue weighted by atomic mass is 32.2. The number of aromatic carboxylic acids is 1. The summed E-state index contributed by atoms with van der Waals surface area (Å²) in [4.78, 5) is 9.78. The van der Waals surface area contributed by atoms with Gasteiger partial charge in [0.15, 0.2) is 9.84 Å². The Morgan fingerprint density at radius 1 is 1.27 bits per heavy atom. The van der Waals surface area contributed by atoms with E-state index in [4.69, 9.17) is 5.11 Å². The minimum atomic E-state index is -3.76. The summed E-state index contributed by atoms with van der Waals surface area (Å²) in [6, 6.07) is 0.948. The first kappa shape index (κ1) is 11.6. The van der Waals surface area contributed by atoms with Crippen molar-refractivity contribution in [2.45, 2.75) is 4.90 Å². The van der Waals surface area contributed by atoms with Crippen LogP contribution in [0.25, 0.3) is 0 Å². The molecule has 1 aromatic rings. The lowest BCUT2D eigenvalue weighted by Crippen LogP contribution is -2.07. The number of carboxylic acids is 1. The summed E-state index contributed by atoms with van der Waals surface area (Å²) in [5, 5.41) is 8.41. The fourth-order valence-electron chi connectivity index (χ4n) is 0.968. The number of sulfone groups is 1. The molecule has 0 spiro atoms. The van der Waals surface area contributed by atoms with E-state index in [1.807, 2.05) is 0 Å². The second kappa shape index (κ2) is 3.58. The van der Waals surface area contributed by atoms with Gasteiger partial charge in [0.05, 0.1) is 4.90 Å². The summed E-state index contributed by atoms with van der Waals surface area (Å²) in [7, 11) is -3.76. The second-order valence-electron chi connectivity index (χ2n) is 2.84. The van der Waals surface area contributed by atoms with Crippen LogP contribution in [0.1, 0.15) is 10.4 Å². The van der Waals surface area contributed by atoms with Crippen LogP contribution < -0.4 is 0 Å². The average Bonchev–Trinajstić information content (AvgIpc) is 1.99. The van der Waals surface area contributed by atoms with E-state index < -0.39 is 37.9 Å². The average molecular weight is 236 g/mol. The van der Waals surface area contributed by atoms with Crippen molar-refractivity contribution in [2.24, 2.45) is 0 Å². The van der Waals surface area contributed by atoms with Crippen LogP contribution in [0.2, 0.25) is 0 Å². The van der Waals surface area contributed by atoms with Gasteiger partial charge in [-0.25, -0.2) is 22.0 Å². The highest BCUT2D eigenvalue weighted by molar-refractivity contribution is 7.90. The normalized spacial score (nSPS) is 11.4. The van der Waals surface area contributed by atoms with Gasteiger partial charge < -0.3 is 5.11 Å². The summed E-state index contributed by atoms with van der Waals surface area (Å²) in [5.41, 5.74) is -1.16. The smallest absolute Gasteiger partial charge is 0.341 e. The van der Waals surface area contributed by atoms with Crippen molar-refractivity contribution < 1.29 is 27.1 Å². The third-order valence-electron chi connectivity index (χ3n) is 1.66. The molecule has 0 aliphatic heterocycles. The Hall–Kier alpha value is -1.50. The van der Waals surface area contributed by atoms with Crippen molar-refractivity contribution in [2.75, 3.05) is 6.26 Å². The molecule has 0 saturated carbocycles. The molecule has 0 aromatic heterocycles. The number of halogens is 2. The van der Waals surface area contributed by atoms with Gasteiger partial charge in [-0.3, -0.25) is 0 Å². The molecule has 4 nitrogen and oxygen atoms in total. The van der Waals surface area contributed by atoms with E-state index in [0.717, 1.165) is 6.26 Å². The van der Waals surface area contributed by atoms with Crippen molar-refractivity contribution in [1.82, 2.24) is 0 Å². The summed E-state index contributed by atoms with van der Waals surface area (Å²) in [6.45, 7) is 0. The SMILES string of the molecule is CS(=O)(=O)c1cc(F)c(C(=O)O)c(F)c1. The fraction of sp³-hybridized carbons (Fsp3) is 0.125. The summed E-state index contributed by atoms with van der Waals surface area (Å²) >= 11 is 0. The standard InChI is InChI=1S/C8H6F2O4S/c1-15(13,14)4-2-5(9)7(8(11)12)6(10)3-4/h2-3H,1H3,(H,11,12). The van der Waals surface area contributed by atoms with Gasteiger partial charge in [0, 0.05) is 6.26 Å². The van der Waals surface area contributed by atoms with Crippen LogP contribution in [0.4, 0.5) is 8.78 Å². The lowest BCUT2D eigenvalue weighted by atomic mass is 10.2. The van der Waals surface area contributed by atoms with Crippen molar-refractivity contribution in [3.63, 3.8) is 0 Å². The Bertz CT molecular complexity index is 498. The highest BCUT2D eigenvalue weighted by Gasteiger charge is 2.20. The predicted molar refractivity (Wildman–Crippen MR) is 46.4 cm³/mol.